The zero-order chi connectivity index (χ0) is 26.3. The molecule has 0 radical (unpaired) electrons. The van der Waals surface area contributed by atoms with Crippen molar-refractivity contribution in [1.29, 1.82) is 0 Å². The van der Waals surface area contributed by atoms with E-state index in [9.17, 15) is 29.1 Å². The van der Waals surface area contributed by atoms with Crippen LogP contribution in [0.2, 0.25) is 15.9 Å². The standard InChI is InChI=1S/C22H26BCl2NO9/c1-12(2)6-13(7-15(27)11-26-20(31)16-8-14(24)4-5-17(16)25)23-34-19(30)10-22(35-23,9-18(28)29)21(32)33-3/h4-5,8,12-13H,6-7,9-11H2,1-3H3,(H,26,31)(H,28,29)/t13-,22+/m1/s1. The van der Waals surface area contributed by atoms with Crippen molar-refractivity contribution in [2.45, 2.75) is 50.9 Å². The SMILES string of the molecule is COC(=O)[C@]1(CC(=O)O)CC(=O)OB([C@@H](CC(=O)CNC(=O)c2cc(Cl)ccc2Cl)CC(C)C)O1. The molecule has 1 heterocycles. The van der Waals surface area contributed by atoms with Crippen molar-refractivity contribution in [3.8, 4) is 0 Å². The molecule has 0 bridgehead atoms. The quantitative estimate of drug-likeness (QED) is 0.326. The maximum atomic E-state index is 12.7. The Labute approximate surface area is 212 Å². The van der Waals surface area contributed by atoms with Crippen LogP contribution in [0.1, 0.15) is 49.9 Å². The second kappa shape index (κ2) is 12.4. The van der Waals surface area contributed by atoms with Gasteiger partial charge in [-0.15, -0.1) is 0 Å². The topological polar surface area (TPSA) is 145 Å². The molecule has 0 spiro atoms. The molecule has 1 amide bonds. The minimum absolute atomic E-state index is 0.0314. The Kier molecular flexibility index (Phi) is 10.1. The Hall–Kier alpha value is -2.63. The molecule has 1 aromatic carbocycles. The number of carboxylic acids is 1. The molecule has 0 saturated carbocycles. The first kappa shape index (κ1) is 28.6. The summed E-state index contributed by atoms with van der Waals surface area (Å²) in [5.41, 5.74) is -1.97. The minimum atomic E-state index is -2.07. The fourth-order valence-electron chi connectivity index (χ4n) is 3.82. The van der Waals surface area contributed by atoms with Gasteiger partial charge in [-0.3, -0.25) is 19.2 Å². The highest BCUT2D eigenvalue weighted by molar-refractivity contribution is 6.50. The molecule has 35 heavy (non-hydrogen) atoms. The van der Waals surface area contributed by atoms with E-state index in [1.165, 1.54) is 18.2 Å². The van der Waals surface area contributed by atoms with Crippen LogP contribution in [0.25, 0.3) is 0 Å². The van der Waals surface area contributed by atoms with Crippen molar-refractivity contribution in [2.24, 2.45) is 5.92 Å². The highest BCUT2D eigenvalue weighted by Crippen LogP contribution is 2.36. The van der Waals surface area contributed by atoms with Crippen LogP contribution in [0, 0.1) is 5.92 Å². The summed E-state index contributed by atoms with van der Waals surface area (Å²) in [7, 11) is -0.312. The van der Waals surface area contributed by atoms with Gasteiger partial charge in [0.05, 0.1) is 37.1 Å². The molecule has 1 aromatic rings. The zero-order valence-corrected chi connectivity index (χ0v) is 21.0. The van der Waals surface area contributed by atoms with Crippen molar-refractivity contribution in [2.75, 3.05) is 13.7 Å². The summed E-state index contributed by atoms with van der Waals surface area (Å²) in [6.07, 6.45) is -1.28. The lowest BCUT2D eigenvalue weighted by molar-refractivity contribution is -0.177. The van der Waals surface area contributed by atoms with E-state index in [-0.39, 0.29) is 29.5 Å². The first-order valence-corrected chi connectivity index (χ1v) is 11.5. The third-order valence-corrected chi connectivity index (χ3v) is 5.85. The number of ether oxygens (including phenoxy) is 1. The second-order valence-electron chi connectivity index (χ2n) is 8.65. The van der Waals surface area contributed by atoms with Gasteiger partial charge in [-0.2, -0.15) is 0 Å². The Morgan fingerprint density at radius 3 is 2.54 bits per heavy atom. The van der Waals surface area contributed by atoms with Crippen molar-refractivity contribution < 1.29 is 43.1 Å². The van der Waals surface area contributed by atoms with Gasteiger partial charge in [0.25, 0.3) is 11.9 Å². The van der Waals surface area contributed by atoms with E-state index in [1.54, 1.807) is 0 Å². The summed E-state index contributed by atoms with van der Waals surface area (Å²) in [5.74, 6) is -4.94. The van der Waals surface area contributed by atoms with E-state index in [0.29, 0.717) is 11.4 Å². The second-order valence-corrected chi connectivity index (χ2v) is 9.49. The number of carboxylic acid groups (broad SMARTS) is 1. The molecule has 1 aliphatic heterocycles. The van der Waals surface area contributed by atoms with Gasteiger partial charge in [-0.05, 0) is 30.5 Å². The lowest BCUT2D eigenvalue weighted by Gasteiger charge is -2.38. The molecule has 2 rings (SSSR count). The highest BCUT2D eigenvalue weighted by Gasteiger charge is 2.55. The van der Waals surface area contributed by atoms with Crippen LogP contribution in [0.15, 0.2) is 18.2 Å². The number of aliphatic carboxylic acids is 1. The number of halogens is 2. The number of hydrogen-bond donors (Lipinski definition) is 2. The summed E-state index contributed by atoms with van der Waals surface area (Å²) in [6.45, 7) is 3.39. The predicted octanol–water partition coefficient (Wildman–Crippen LogP) is 2.94. The molecule has 13 heteroatoms. The summed E-state index contributed by atoms with van der Waals surface area (Å²) in [4.78, 5) is 61.3. The van der Waals surface area contributed by atoms with Crippen LogP contribution in [-0.4, -0.2) is 61.1 Å². The molecular weight excluding hydrogens is 504 g/mol. The van der Waals surface area contributed by atoms with Gasteiger partial charge in [0.15, 0.2) is 11.4 Å². The molecule has 0 aliphatic carbocycles. The number of esters is 1. The molecule has 190 valence electrons. The monoisotopic (exact) mass is 529 g/mol. The number of rotatable bonds is 11. The highest BCUT2D eigenvalue weighted by atomic mass is 35.5. The summed E-state index contributed by atoms with van der Waals surface area (Å²) in [5, 5.41) is 12.2. The molecular formula is C22H26BCl2NO9. The van der Waals surface area contributed by atoms with Gasteiger partial charge in [0.1, 0.15) is 0 Å². The molecule has 1 aliphatic rings. The van der Waals surface area contributed by atoms with Crippen LogP contribution in [-0.2, 0) is 33.2 Å². The van der Waals surface area contributed by atoms with Crippen molar-refractivity contribution in [1.82, 2.24) is 5.32 Å². The summed E-state index contributed by atoms with van der Waals surface area (Å²) in [6, 6.07) is 4.35. The van der Waals surface area contributed by atoms with Gasteiger partial charge in [0.2, 0.25) is 0 Å². The van der Waals surface area contributed by atoms with E-state index in [2.05, 4.69) is 10.1 Å². The predicted molar refractivity (Wildman–Crippen MR) is 126 cm³/mol. The zero-order valence-electron chi connectivity index (χ0n) is 19.5. The molecule has 0 unspecified atom stereocenters. The molecule has 0 aromatic heterocycles. The molecule has 2 atom stereocenters. The van der Waals surface area contributed by atoms with Crippen molar-refractivity contribution in [3.63, 3.8) is 0 Å². The first-order valence-electron chi connectivity index (χ1n) is 10.8. The van der Waals surface area contributed by atoms with Gasteiger partial charge < -0.3 is 24.5 Å². The Morgan fingerprint density at radius 1 is 1.26 bits per heavy atom. The van der Waals surface area contributed by atoms with E-state index in [0.717, 1.165) is 7.11 Å². The number of carbonyl (C=O) groups is 5. The van der Waals surface area contributed by atoms with E-state index in [4.69, 9.17) is 32.5 Å². The van der Waals surface area contributed by atoms with E-state index >= 15 is 0 Å². The fourth-order valence-corrected chi connectivity index (χ4v) is 4.19. The number of Topliss-reactive ketones (excluding diaryl/α,β-unsaturated/α-hetero) is 1. The maximum Gasteiger partial charge on any atom is 0.531 e. The molecule has 10 nitrogen and oxygen atoms in total. The van der Waals surface area contributed by atoms with Gasteiger partial charge in [-0.25, -0.2) is 4.79 Å². The molecule has 1 saturated heterocycles. The van der Waals surface area contributed by atoms with Crippen LogP contribution >= 0.6 is 23.2 Å². The fraction of sp³-hybridized carbons (Fsp3) is 0.500. The summed E-state index contributed by atoms with van der Waals surface area (Å²) >= 11 is 11.9. The average molecular weight is 530 g/mol. The van der Waals surface area contributed by atoms with Crippen LogP contribution in [0.5, 0.6) is 0 Å². The van der Waals surface area contributed by atoms with E-state index < -0.39 is 61.0 Å². The van der Waals surface area contributed by atoms with Crippen LogP contribution in [0.4, 0.5) is 0 Å². The third-order valence-electron chi connectivity index (χ3n) is 5.28. The lowest BCUT2D eigenvalue weighted by atomic mass is 9.63. The maximum absolute atomic E-state index is 12.7. The Balaban J connectivity index is 2.16. The van der Waals surface area contributed by atoms with Crippen molar-refractivity contribution in [3.05, 3.63) is 33.8 Å². The number of ketones is 1. The smallest absolute Gasteiger partial charge is 0.509 e. The molecule has 2 N–H and O–H groups in total. The number of hydrogen-bond acceptors (Lipinski definition) is 8. The average Bonchev–Trinajstić information content (AvgIpc) is 2.76. The number of methoxy groups -OCH3 is 1. The lowest BCUT2D eigenvalue weighted by Crippen LogP contribution is -2.56. The van der Waals surface area contributed by atoms with Crippen LogP contribution in [0.3, 0.4) is 0 Å². The largest absolute Gasteiger partial charge is 0.531 e. The first-order chi connectivity index (χ1) is 16.4. The Bertz CT molecular complexity index is 999. The number of nitrogens with one attached hydrogen (secondary N) is 1. The number of amides is 1. The van der Waals surface area contributed by atoms with Gasteiger partial charge in [-0.1, -0.05) is 37.0 Å². The van der Waals surface area contributed by atoms with Gasteiger partial charge >= 0.3 is 19.1 Å². The third kappa shape index (κ3) is 7.94. The van der Waals surface area contributed by atoms with Crippen LogP contribution < -0.4 is 5.32 Å². The normalized spacial score (nSPS) is 18.6. The summed E-state index contributed by atoms with van der Waals surface area (Å²) < 4.78 is 15.7. The van der Waals surface area contributed by atoms with E-state index in [1.807, 2.05) is 13.8 Å². The number of benzene rings is 1. The minimum Gasteiger partial charge on any atom is -0.509 e. The molecule has 1 fully saturated rings. The van der Waals surface area contributed by atoms with Gasteiger partial charge in [0, 0.05) is 17.3 Å². The van der Waals surface area contributed by atoms with Crippen molar-refractivity contribution >= 4 is 59.9 Å². The number of carbonyl (C=O) groups excluding carboxylic acids is 4. The Morgan fingerprint density at radius 2 is 1.94 bits per heavy atom.